The van der Waals surface area contributed by atoms with Crippen molar-refractivity contribution in [1.82, 2.24) is 0 Å². The molecule has 0 radical (unpaired) electrons. The molecular weight excluding hydrogens is 160 g/mol. The second-order valence-electron chi connectivity index (χ2n) is 3.16. The zero-order chi connectivity index (χ0) is 9.52. The molecule has 13 heavy (non-hydrogen) atoms. The number of rotatable bonds is 5. The van der Waals surface area contributed by atoms with Crippen LogP contribution in [-0.2, 0) is 6.42 Å². The zero-order valence-corrected chi connectivity index (χ0v) is 8.22. The Balaban J connectivity index is 2.48. The van der Waals surface area contributed by atoms with E-state index in [1.54, 1.807) is 0 Å². The Bertz CT molecular complexity index is 228. The number of hydrogen-bond acceptors (Lipinski definition) is 2. The Morgan fingerprint density at radius 1 is 1.23 bits per heavy atom. The second-order valence-corrected chi connectivity index (χ2v) is 3.16. The highest BCUT2D eigenvalue weighted by Gasteiger charge is 1.92. The molecule has 0 atom stereocenters. The van der Waals surface area contributed by atoms with Gasteiger partial charge in [0, 0.05) is 18.8 Å². The molecular formula is C11H18N2. The third-order valence-electron chi connectivity index (χ3n) is 1.97. The van der Waals surface area contributed by atoms with Crippen LogP contribution in [0, 0.1) is 0 Å². The first kappa shape index (κ1) is 10.1. The number of hydrogen-bond donors (Lipinski definition) is 2. The fourth-order valence-corrected chi connectivity index (χ4v) is 1.29. The normalized spacial score (nSPS) is 10.0. The van der Waals surface area contributed by atoms with Crippen molar-refractivity contribution in [3.63, 3.8) is 0 Å². The van der Waals surface area contributed by atoms with Crippen molar-refractivity contribution >= 4 is 5.69 Å². The maximum absolute atomic E-state index is 5.39. The summed E-state index contributed by atoms with van der Waals surface area (Å²) in [6, 6.07) is 8.56. The molecule has 1 rings (SSSR count). The van der Waals surface area contributed by atoms with Crippen molar-refractivity contribution in [2.75, 3.05) is 18.4 Å². The molecule has 0 aliphatic carbocycles. The van der Waals surface area contributed by atoms with Crippen LogP contribution in [0.3, 0.4) is 0 Å². The highest BCUT2D eigenvalue weighted by molar-refractivity contribution is 5.44. The van der Waals surface area contributed by atoms with E-state index in [1.807, 2.05) is 0 Å². The molecule has 0 fully saturated rings. The monoisotopic (exact) mass is 178 g/mol. The Hall–Kier alpha value is -1.02. The lowest BCUT2D eigenvalue weighted by atomic mass is 10.1. The molecule has 0 amide bonds. The summed E-state index contributed by atoms with van der Waals surface area (Å²) in [5.74, 6) is 0. The van der Waals surface area contributed by atoms with Gasteiger partial charge in [-0.25, -0.2) is 0 Å². The van der Waals surface area contributed by atoms with Crippen LogP contribution in [0.2, 0.25) is 0 Å². The van der Waals surface area contributed by atoms with Crippen LogP contribution in [-0.4, -0.2) is 13.1 Å². The molecule has 0 saturated heterocycles. The predicted octanol–water partition coefficient (Wildman–Crippen LogP) is 2.01. The first-order valence-electron chi connectivity index (χ1n) is 4.89. The van der Waals surface area contributed by atoms with Gasteiger partial charge in [0.15, 0.2) is 0 Å². The highest BCUT2D eigenvalue weighted by atomic mass is 14.9. The van der Waals surface area contributed by atoms with E-state index in [4.69, 9.17) is 5.73 Å². The van der Waals surface area contributed by atoms with Gasteiger partial charge in [0.05, 0.1) is 0 Å². The van der Waals surface area contributed by atoms with E-state index >= 15 is 0 Å². The molecule has 0 bridgehead atoms. The Kier molecular flexibility index (Phi) is 4.33. The molecule has 0 aliphatic heterocycles. The van der Waals surface area contributed by atoms with Crippen LogP contribution < -0.4 is 11.1 Å². The molecule has 2 heteroatoms. The number of nitrogens with two attached hydrogens (primary N) is 1. The third-order valence-corrected chi connectivity index (χ3v) is 1.97. The molecule has 1 aromatic carbocycles. The third kappa shape index (κ3) is 3.47. The molecule has 2 nitrogen and oxygen atoms in total. The van der Waals surface area contributed by atoms with Gasteiger partial charge < -0.3 is 11.1 Å². The van der Waals surface area contributed by atoms with Gasteiger partial charge in [-0.05, 0) is 24.1 Å². The van der Waals surface area contributed by atoms with Gasteiger partial charge in [0.1, 0.15) is 0 Å². The average Bonchev–Trinajstić information content (AvgIpc) is 2.17. The molecule has 3 N–H and O–H groups in total. The second kappa shape index (κ2) is 5.60. The van der Waals surface area contributed by atoms with E-state index in [1.165, 1.54) is 12.0 Å². The maximum atomic E-state index is 5.39. The molecule has 0 spiro atoms. The van der Waals surface area contributed by atoms with Gasteiger partial charge in [0.25, 0.3) is 0 Å². The molecule has 0 aliphatic rings. The SMILES string of the molecule is CCCc1ccc(NCCN)cc1. The van der Waals surface area contributed by atoms with E-state index in [-0.39, 0.29) is 0 Å². The molecule has 0 saturated carbocycles. The smallest absolute Gasteiger partial charge is 0.0340 e. The number of nitrogens with one attached hydrogen (secondary N) is 1. The summed E-state index contributed by atoms with van der Waals surface area (Å²) in [6.45, 7) is 3.71. The van der Waals surface area contributed by atoms with Gasteiger partial charge >= 0.3 is 0 Å². The van der Waals surface area contributed by atoms with Crippen LogP contribution in [0.15, 0.2) is 24.3 Å². The molecule has 1 aromatic rings. The fraction of sp³-hybridized carbons (Fsp3) is 0.455. The zero-order valence-electron chi connectivity index (χ0n) is 8.22. The molecule has 0 unspecified atom stereocenters. The topological polar surface area (TPSA) is 38.0 Å². The minimum Gasteiger partial charge on any atom is -0.384 e. The lowest BCUT2D eigenvalue weighted by molar-refractivity contribution is 0.921. The summed E-state index contributed by atoms with van der Waals surface area (Å²) in [6.07, 6.45) is 2.37. The summed E-state index contributed by atoms with van der Waals surface area (Å²) in [7, 11) is 0. The highest BCUT2D eigenvalue weighted by Crippen LogP contribution is 2.10. The minimum absolute atomic E-state index is 0.677. The number of anilines is 1. The van der Waals surface area contributed by atoms with Crippen LogP contribution >= 0.6 is 0 Å². The van der Waals surface area contributed by atoms with Crippen LogP contribution in [0.5, 0.6) is 0 Å². The van der Waals surface area contributed by atoms with E-state index < -0.39 is 0 Å². The van der Waals surface area contributed by atoms with Crippen LogP contribution in [0.25, 0.3) is 0 Å². The molecule has 0 aromatic heterocycles. The van der Waals surface area contributed by atoms with Crippen molar-refractivity contribution in [2.24, 2.45) is 5.73 Å². The Labute approximate surface area is 80.1 Å². The summed E-state index contributed by atoms with van der Waals surface area (Å²) in [5.41, 5.74) is 7.95. The quantitative estimate of drug-likeness (QED) is 0.724. The summed E-state index contributed by atoms with van der Waals surface area (Å²) in [5, 5.41) is 3.24. The van der Waals surface area contributed by atoms with Gasteiger partial charge in [-0.15, -0.1) is 0 Å². The number of benzene rings is 1. The van der Waals surface area contributed by atoms with Gasteiger partial charge in [-0.1, -0.05) is 25.5 Å². The predicted molar refractivity (Wildman–Crippen MR) is 58.0 cm³/mol. The summed E-state index contributed by atoms with van der Waals surface area (Å²) in [4.78, 5) is 0. The standard InChI is InChI=1S/C11H18N2/c1-2-3-10-4-6-11(7-5-10)13-9-8-12/h4-7,13H,2-3,8-9,12H2,1H3. The summed E-state index contributed by atoms with van der Waals surface area (Å²) < 4.78 is 0. The van der Waals surface area contributed by atoms with E-state index in [0.717, 1.165) is 18.7 Å². The Morgan fingerprint density at radius 2 is 1.92 bits per heavy atom. The summed E-state index contributed by atoms with van der Waals surface area (Å²) >= 11 is 0. The Morgan fingerprint density at radius 3 is 2.46 bits per heavy atom. The van der Waals surface area contributed by atoms with Crippen molar-refractivity contribution in [3.8, 4) is 0 Å². The maximum Gasteiger partial charge on any atom is 0.0340 e. The van der Waals surface area contributed by atoms with Crippen molar-refractivity contribution in [2.45, 2.75) is 19.8 Å². The largest absolute Gasteiger partial charge is 0.384 e. The molecule has 72 valence electrons. The molecule has 0 heterocycles. The average molecular weight is 178 g/mol. The van der Waals surface area contributed by atoms with Gasteiger partial charge in [0.2, 0.25) is 0 Å². The van der Waals surface area contributed by atoms with Crippen LogP contribution in [0.4, 0.5) is 5.69 Å². The first-order chi connectivity index (χ1) is 6.36. The lowest BCUT2D eigenvalue weighted by Gasteiger charge is -2.05. The minimum atomic E-state index is 0.677. The first-order valence-corrected chi connectivity index (χ1v) is 4.89. The lowest BCUT2D eigenvalue weighted by Crippen LogP contribution is -2.12. The van der Waals surface area contributed by atoms with E-state index in [0.29, 0.717) is 6.54 Å². The van der Waals surface area contributed by atoms with Gasteiger partial charge in [-0.3, -0.25) is 0 Å². The van der Waals surface area contributed by atoms with Gasteiger partial charge in [-0.2, -0.15) is 0 Å². The van der Waals surface area contributed by atoms with Crippen molar-refractivity contribution in [3.05, 3.63) is 29.8 Å². The van der Waals surface area contributed by atoms with E-state index in [2.05, 4.69) is 36.5 Å². The number of aryl methyl sites for hydroxylation is 1. The van der Waals surface area contributed by atoms with Crippen molar-refractivity contribution < 1.29 is 0 Å². The van der Waals surface area contributed by atoms with Crippen molar-refractivity contribution in [1.29, 1.82) is 0 Å². The van der Waals surface area contributed by atoms with E-state index in [9.17, 15) is 0 Å². The fourth-order valence-electron chi connectivity index (χ4n) is 1.29. The van der Waals surface area contributed by atoms with Crippen LogP contribution in [0.1, 0.15) is 18.9 Å².